The summed E-state index contributed by atoms with van der Waals surface area (Å²) in [4.78, 5) is 36.3. The van der Waals surface area contributed by atoms with Crippen LogP contribution in [0.3, 0.4) is 0 Å². The summed E-state index contributed by atoms with van der Waals surface area (Å²) >= 11 is 12.7. The van der Waals surface area contributed by atoms with Crippen LogP contribution in [0.1, 0.15) is 62.9 Å². The second kappa shape index (κ2) is 13.3. The van der Waals surface area contributed by atoms with Crippen molar-refractivity contribution in [2.24, 2.45) is 0 Å². The molecular formula is C36H40Cl2N6O4. The van der Waals surface area contributed by atoms with E-state index in [9.17, 15) is 9.59 Å². The quantitative estimate of drug-likeness (QED) is 0.214. The highest BCUT2D eigenvalue weighted by molar-refractivity contribution is 6.42. The Hall–Kier alpha value is -3.70. The van der Waals surface area contributed by atoms with Gasteiger partial charge in [0.05, 0.1) is 33.5 Å². The van der Waals surface area contributed by atoms with Crippen molar-refractivity contribution in [1.82, 2.24) is 29.9 Å². The molecular weight excluding hydrogens is 651 g/mol. The summed E-state index contributed by atoms with van der Waals surface area (Å²) in [6.45, 7) is 12.4. The van der Waals surface area contributed by atoms with E-state index in [1.54, 1.807) is 12.3 Å². The van der Waals surface area contributed by atoms with Crippen LogP contribution >= 0.6 is 23.2 Å². The Bertz CT molecular complexity index is 1840. The van der Waals surface area contributed by atoms with Crippen LogP contribution < -0.4 is 0 Å². The normalized spacial score (nSPS) is 21.4. The molecule has 0 spiro atoms. The van der Waals surface area contributed by atoms with Crippen molar-refractivity contribution in [2.75, 3.05) is 39.3 Å². The van der Waals surface area contributed by atoms with E-state index in [1.165, 1.54) is 0 Å². The molecule has 3 saturated heterocycles. The lowest BCUT2D eigenvalue weighted by Crippen LogP contribution is -2.53. The van der Waals surface area contributed by atoms with Crippen molar-refractivity contribution in [3.05, 3.63) is 91.9 Å². The van der Waals surface area contributed by atoms with Crippen molar-refractivity contribution in [3.8, 4) is 11.3 Å². The molecule has 0 N–H and O–H groups in total. The van der Waals surface area contributed by atoms with Gasteiger partial charge in [-0.1, -0.05) is 56.8 Å². The van der Waals surface area contributed by atoms with Crippen LogP contribution in [0, 0.1) is 27.7 Å². The van der Waals surface area contributed by atoms with Crippen LogP contribution in [0.15, 0.2) is 51.6 Å². The van der Waals surface area contributed by atoms with Gasteiger partial charge in [0.25, 0.3) is 5.91 Å². The molecule has 0 radical (unpaired) electrons. The summed E-state index contributed by atoms with van der Waals surface area (Å²) in [5.41, 5.74) is 6.42. The van der Waals surface area contributed by atoms with Gasteiger partial charge in [-0.3, -0.25) is 19.4 Å². The Balaban J connectivity index is 1.00. The van der Waals surface area contributed by atoms with Crippen molar-refractivity contribution in [3.63, 3.8) is 0 Å². The van der Waals surface area contributed by atoms with E-state index >= 15 is 0 Å². The van der Waals surface area contributed by atoms with Crippen LogP contribution in [0.4, 0.5) is 0 Å². The highest BCUT2D eigenvalue weighted by Crippen LogP contribution is 2.36. The second-order valence-electron chi connectivity index (χ2n) is 13.5. The largest absolute Gasteiger partial charge is 0.361 e. The van der Waals surface area contributed by atoms with Crippen LogP contribution in [-0.2, 0) is 11.3 Å². The Kier molecular flexibility index (Phi) is 9.10. The summed E-state index contributed by atoms with van der Waals surface area (Å²) in [7, 11) is 0. The van der Waals surface area contributed by atoms with Gasteiger partial charge in [0.2, 0.25) is 5.91 Å². The molecule has 12 heteroatoms. The fraction of sp³-hybridized carbons (Fsp3) is 0.444. The molecule has 3 aliphatic rings. The van der Waals surface area contributed by atoms with Gasteiger partial charge in [-0.15, -0.1) is 0 Å². The summed E-state index contributed by atoms with van der Waals surface area (Å²) in [6.07, 6.45) is 3.17. The number of carbonyl (C=O) groups is 2. The third-order valence-corrected chi connectivity index (χ3v) is 10.9. The van der Waals surface area contributed by atoms with Crippen molar-refractivity contribution >= 4 is 35.0 Å². The highest BCUT2D eigenvalue weighted by Gasteiger charge is 2.44. The van der Waals surface area contributed by atoms with Gasteiger partial charge in [-0.2, -0.15) is 0 Å². The first-order chi connectivity index (χ1) is 23.0. The monoisotopic (exact) mass is 690 g/mol. The highest BCUT2D eigenvalue weighted by atomic mass is 35.5. The Morgan fingerprint density at radius 3 is 2.33 bits per heavy atom. The number of carbonyl (C=O) groups excluding carboxylic acids is 2. The topological polar surface area (TPSA) is 99.2 Å². The second-order valence-corrected chi connectivity index (χ2v) is 14.3. The molecule has 4 aromatic rings. The maximum Gasteiger partial charge on any atom is 0.254 e. The van der Waals surface area contributed by atoms with Gasteiger partial charge in [0.1, 0.15) is 5.76 Å². The van der Waals surface area contributed by atoms with E-state index in [2.05, 4.69) is 26.2 Å². The number of hydrogen-bond donors (Lipinski definition) is 0. The number of nitrogens with zero attached hydrogens (tertiary/aromatic N) is 6. The van der Waals surface area contributed by atoms with Crippen LogP contribution in [0.5, 0.6) is 0 Å². The van der Waals surface area contributed by atoms with E-state index in [0.29, 0.717) is 66.1 Å². The maximum absolute atomic E-state index is 13.9. The Morgan fingerprint density at radius 1 is 0.896 bits per heavy atom. The molecule has 2 aromatic carbocycles. The molecule has 0 aliphatic carbocycles. The SMILES string of the molecule is Cc1cc(C)cc(C(=O)N2CCN(C(=O)CCN3C[C@@H]4C[C@H]3CN4Cc3c(C)noc3-c3cnoc3C)[C@H](c3ccc(Cl)c(Cl)c3)C2)c1. The van der Waals surface area contributed by atoms with Crippen molar-refractivity contribution in [2.45, 2.75) is 65.2 Å². The fourth-order valence-corrected chi connectivity index (χ4v) is 8.05. The number of aromatic nitrogens is 2. The molecule has 2 amide bonds. The van der Waals surface area contributed by atoms with E-state index in [-0.39, 0.29) is 17.9 Å². The van der Waals surface area contributed by atoms with Crippen molar-refractivity contribution in [1.29, 1.82) is 0 Å². The van der Waals surface area contributed by atoms with E-state index in [0.717, 1.165) is 65.3 Å². The minimum Gasteiger partial charge on any atom is -0.361 e. The first-order valence-corrected chi connectivity index (χ1v) is 17.3. The number of rotatable bonds is 8. The van der Waals surface area contributed by atoms with Gasteiger partial charge < -0.3 is 18.8 Å². The van der Waals surface area contributed by atoms with Gasteiger partial charge in [0.15, 0.2) is 5.76 Å². The molecule has 7 rings (SSSR count). The zero-order chi connectivity index (χ0) is 33.7. The minimum absolute atomic E-state index is 0.0262. The zero-order valence-electron chi connectivity index (χ0n) is 27.7. The lowest BCUT2D eigenvalue weighted by Gasteiger charge is -2.42. The lowest BCUT2D eigenvalue weighted by molar-refractivity contribution is -0.136. The van der Waals surface area contributed by atoms with Gasteiger partial charge >= 0.3 is 0 Å². The van der Waals surface area contributed by atoms with Gasteiger partial charge in [-0.05, 0) is 63.9 Å². The van der Waals surface area contributed by atoms with Gasteiger partial charge in [0, 0.05) is 75.4 Å². The number of likely N-dealkylation sites (tertiary alicyclic amines) is 2. The van der Waals surface area contributed by atoms with E-state index in [4.69, 9.17) is 32.2 Å². The summed E-state index contributed by atoms with van der Waals surface area (Å²) in [6, 6.07) is 11.9. The molecule has 3 atom stereocenters. The molecule has 3 fully saturated rings. The molecule has 2 bridgehead atoms. The first kappa shape index (κ1) is 32.8. The summed E-state index contributed by atoms with van der Waals surface area (Å²) < 4.78 is 11.0. The Labute approximate surface area is 290 Å². The standard InChI is InChI=1S/C36H40Cl2N6O4/c1-21-11-22(2)13-26(12-21)36(46)42-9-10-44(33(20-42)25-5-6-31(37)32(38)14-25)34(45)7-8-41-17-28-15-27(41)18-43(28)19-30-23(3)40-48-35(30)29-16-39-47-24(29)4/h5-6,11-14,16,27-28,33H,7-10,15,17-20H2,1-4H3/t27-,28-,33-/m0/s1. The predicted octanol–water partition coefficient (Wildman–Crippen LogP) is 6.24. The molecule has 3 aliphatic heterocycles. The lowest BCUT2D eigenvalue weighted by atomic mass is 10.00. The number of benzene rings is 2. The molecule has 2 aromatic heterocycles. The average molecular weight is 692 g/mol. The number of aryl methyl sites for hydroxylation is 4. The number of halogens is 2. The summed E-state index contributed by atoms with van der Waals surface area (Å²) in [5, 5.41) is 9.04. The fourth-order valence-electron chi connectivity index (χ4n) is 7.74. The predicted molar refractivity (Wildman–Crippen MR) is 183 cm³/mol. The molecule has 252 valence electrons. The number of fused-ring (bicyclic) bond motifs is 2. The molecule has 0 saturated carbocycles. The number of hydrogen-bond acceptors (Lipinski definition) is 8. The van der Waals surface area contributed by atoms with E-state index < -0.39 is 0 Å². The van der Waals surface area contributed by atoms with Crippen LogP contribution in [0.2, 0.25) is 10.0 Å². The third-order valence-electron chi connectivity index (χ3n) is 10.2. The smallest absolute Gasteiger partial charge is 0.254 e. The van der Waals surface area contributed by atoms with Gasteiger partial charge in [-0.25, -0.2) is 0 Å². The molecule has 0 unspecified atom stereocenters. The average Bonchev–Trinajstić information content (AvgIpc) is 3.85. The van der Waals surface area contributed by atoms with E-state index in [1.807, 2.05) is 61.8 Å². The number of piperazine rings is 2. The van der Waals surface area contributed by atoms with Crippen LogP contribution in [0.25, 0.3) is 11.3 Å². The zero-order valence-corrected chi connectivity index (χ0v) is 29.2. The third kappa shape index (κ3) is 6.39. The minimum atomic E-state index is -0.323. The number of amides is 2. The maximum atomic E-state index is 13.9. The first-order valence-electron chi connectivity index (χ1n) is 16.5. The molecule has 10 nitrogen and oxygen atoms in total. The van der Waals surface area contributed by atoms with Crippen molar-refractivity contribution < 1.29 is 18.6 Å². The molecule has 48 heavy (non-hydrogen) atoms. The summed E-state index contributed by atoms with van der Waals surface area (Å²) in [5.74, 6) is 1.49. The molecule has 5 heterocycles. The van der Waals surface area contributed by atoms with Crippen LogP contribution in [-0.4, -0.2) is 93.1 Å². The Morgan fingerprint density at radius 2 is 1.65 bits per heavy atom.